The maximum absolute atomic E-state index is 6.19. The molecular formula is C21H27N3O. The van der Waals surface area contributed by atoms with Gasteiger partial charge < -0.3 is 4.74 Å². The number of aromatic nitrogens is 2. The first-order chi connectivity index (χ1) is 12.2. The van der Waals surface area contributed by atoms with E-state index >= 15 is 0 Å². The lowest BCUT2D eigenvalue weighted by Crippen LogP contribution is -2.32. The van der Waals surface area contributed by atoms with Crippen molar-refractivity contribution in [3.8, 4) is 0 Å². The smallest absolute Gasteiger partial charge is 0.0732 e. The van der Waals surface area contributed by atoms with E-state index in [2.05, 4.69) is 40.0 Å². The van der Waals surface area contributed by atoms with Crippen LogP contribution >= 0.6 is 0 Å². The predicted molar refractivity (Wildman–Crippen MR) is 97.9 cm³/mol. The molecule has 132 valence electrons. The van der Waals surface area contributed by atoms with Crippen molar-refractivity contribution in [3.63, 3.8) is 0 Å². The maximum atomic E-state index is 6.19. The summed E-state index contributed by atoms with van der Waals surface area (Å²) in [5, 5.41) is 0. The lowest BCUT2D eigenvalue weighted by atomic mass is 9.81. The fourth-order valence-electron chi connectivity index (χ4n) is 4.70. The molecular weight excluding hydrogens is 310 g/mol. The molecule has 0 spiro atoms. The molecule has 0 aromatic carbocycles. The summed E-state index contributed by atoms with van der Waals surface area (Å²) >= 11 is 0. The molecule has 0 amide bonds. The third-order valence-corrected chi connectivity index (χ3v) is 5.86. The van der Waals surface area contributed by atoms with Crippen LogP contribution in [-0.2, 0) is 17.9 Å². The standard InChI is InChI=1S/C21H27N3O/c1-17-9-19(11-23-10-17)14-25-16-21-6-2-3-20(21)13-24(15-21)12-18-4-7-22-8-5-18/h4-5,7-11,20H,2-3,6,12-16H2,1H3/t20-,21+/m1/s1. The average Bonchev–Trinajstić information content (AvgIpc) is 3.12. The Morgan fingerprint density at radius 1 is 1.20 bits per heavy atom. The van der Waals surface area contributed by atoms with Gasteiger partial charge >= 0.3 is 0 Å². The molecule has 4 heteroatoms. The van der Waals surface area contributed by atoms with Gasteiger partial charge in [0.1, 0.15) is 0 Å². The van der Waals surface area contributed by atoms with Crippen LogP contribution in [0.2, 0.25) is 0 Å². The number of ether oxygens (including phenoxy) is 1. The Hall–Kier alpha value is -1.78. The van der Waals surface area contributed by atoms with E-state index in [9.17, 15) is 0 Å². The van der Waals surface area contributed by atoms with Gasteiger partial charge in [-0.2, -0.15) is 0 Å². The van der Waals surface area contributed by atoms with Gasteiger partial charge in [0.15, 0.2) is 0 Å². The van der Waals surface area contributed by atoms with Crippen LogP contribution in [0.1, 0.15) is 36.0 Å². The van der Waals surface area contributed by atoms with Crippen LogP contribution in [0.3, 0.4) is 0 Å². The molecule has 1 saturated heterocycles. The lowest BCUT2D eigenvalue weighted by Gasteiger charge is -2.29. The normalized spacial score (nSPS) is 26.0. The summed E-state index contributed by atoms with van der Waals surface area (Å²) in [5.41, 5.74) is 4.08. The number of rotatable bonds is 6. The molecule has 4 rings (SSSR count). The Labute approximate surface area is 150 Å². The molecule has 2 fully saturated rings. The largest absolute Gasteiger partial charge is 0.376 e. The molecule has 25 heavy (non-hydrogen) atoms. The molecule has 1 aliphatic carbocycles. The quantitative estimate of drug-likeness (QED) is 0.807. The van der Waals surface area contributed by atoms with Gasteiger partial charge in [0.05, 0.1) is 13.2 Å². The van der Waals surface area contributed by atoms with Gasteiger partial charge in [-0.15, -0.1) is 0 Å². The van der Waals surface area contributed by atoms with E-state index in [0.717, 1.165) is 25.6 Å². The number of nitrogens with zero attached hydrogens (tertiary/aromatic N) is 3. The van der Waals surface area contributed by atoms with Crippen LogP contribution < -0.4 is 0 Å². The molecule has 2 aromatic heterocycles. The van der Waals surface area contributed by atoms with Gasteiger partial charge in [0.25, 0.3) is 0 Å². The number of likely N-dealkylation sites (tertiary alicyclic amines) is 1. The van der Waals surface area contributed by atoms with Crippen LogP contribution in [0.25, 0.3) is 0 Å². The molecule has 0 bridgehead atoms. The number of aryl methyl sites for hydroxylation is 1. The van der Waals surface area contributed by atoms with Crippen molar-refractivity contribution >= 4 is 0 Å². The molecule has 0 unspecified atom stereocenters. The van der Waals surface area contributed by atoms with Crippen molar-refractivity contribution in [2.24, 2.45) is 11.3 Å². The summed E-state index contributed by atoms with van der Waals surface area (Å²) < 4.78 is 6.19. The molecule has 2 aromatic rings. The molecule has 1 saturated carbocycles. The Bertz CT molecular complexity index is 705. The summed E-state index contributed by atoms with van der Waals surface area (Å²) in [6.45, 7) is 7.02. The molecule has 2 atom stereocenters. The van der Waals surface area contributed by atoms with Crippen molar-refractivity contribution in [2.75, 3.05) is 19.7 Å². The number of hydrogen-bond acceptors (Lipinski definition) is 4. The van der Waals surface area contributed by atoms with Gasteiger partial charge in [0.2, 0.25) is 0 Å². The molecule has 4 nitrogen and oxygen atoms in total. The van der Waals surface area contributed by atoms with Gasteiger partial charge in [0, 0.05) is 49.8 Å². The highest BCUT2D eigenvalue weighted by Crippen LogP contribution is 2.49. The van der Waals surface area contributed by atoms with Crippen LogP contribution in [-0.4, -0.2) is 34.6 Å². The fourth-order valence-corrected chi connectivity index (χ4v) is 4.70. The SMILES string of the molecule is Cc1cncc(COC[C@@]23CCC[C@@H]2CN(Cc2ccncc2)C3)c1. The van der Waals surface area contributed by atoms with E-state index in [1.165, 1.54) is 42.5 Å². The van der Waals surface area contributed by atoms with Gasteiger partial charge in [-0.1, -0.05) is 12.5 Å². The number of fused-ring (bicyclic) bond motifs is 1. The van der Waals surface area contributed by atoms with Crippen molar-refractivity contribution in [3.05, 3.63) is 59.7 Å². The van der Waals surface area contributed by atoms with E-state index in [1.54, 1.807) is 0 Å². The van der Waals surface area contributed by atoms with E-state index in [-0.39, 0.29) is 0 Å². The van der Waals surface area contributed by atoms with E-state index < -0.39 is 0 Å². The molecule has 1 aliphatic heterocycles. The average molecular weight is 337 g/mol. The zero-order valence-electron chi connectivity index (χ0n) is 15.0. The summed E-state index contributed by atoms with van der Waals surface area (Å²) in [6, 6.07) is 6.42. The number of hydrogen-bond donors (Lipinski definition) is 0. The van der Waals surface area contributed by atoms with Gasteiger partial charge in [-0.3, -0.25) is 14.9 Å². The minimum absolute atomic E-state index is 0.351. The summed E-state index contributed by atoms with van der Waals surface area (Å²) in [4.78, 5) is 11.0. The first-order valence-electron chi connectivity index (χ1n) is 9.33. The lowest BCUT2D eigenvalue weighted by molar-refractivity contribution is 0.0265. The minimum atomic E-state index is 0.351. The van der Waals surface area contributed by atoms with Crippen LogP contribution in [0.5, 0.6) is 0 Å². The Morgan fingerprint density at radius 2 is 2.08 bits per heavy atom. The van der Waals surface area contributed by atoms with Crippen LogP contribution in [0, 0.1) is 18.3 Å². The third kappa shape index (κ3) is 3.75. The minimum Gasteiger partial charge on any atom is -0.376 e. The second-order valence-electron chi connectivity index (χ2n) is 7.84. The molecule has 0 N–H and O–H groups in total. The molecule has 3 heterocycles. The monoisotopic (exact) mass is 337 g/mol. The van der Waals surface area contributed by atoms with Crippen molar-refractivity contribution in [1.82, 2.24) is 14.9 Å². The highest BCUT2D eigenvalue weighted by Gasteiger charge is 2.49. The highest BCUT2D eigenvalue weighted by atomic mass is 16.5. The van der Waals surface area contributed by atoms with E-state index in [1.807, 2.05) is 24.8 Å². The topological polar surface area (TPSA) is 38.2 Å². The molecule has 0 radical (unpaired) electrons. The Balaban J connectivity index is 1.36. The predicted octanol–water partition coefficient (Wildman–Crippen LogP) is 3.60. The summed E-state index contributed by atoms with van der Waals surface area (Å²) in [5.74, 6) is 0.782. The fraction of sp³-hybridized carbons (Fsp3) is 0.524. The third-order valence-electron chi connectivity index (χ3n) is 5.86. The first kappa shape index (κ1) is 16.7. The zero-order chi connectivity index (χ0) is 17.1. The van der Waals surface area contributed by atoms with Gasteiger partial charge in [-0.25, -0.2) is 0 Å². The Morgan fingerprint density at radius 3 is 2.92 bits per heavy atom. The second-order valence-corrected chi connectivity index (χ2v) is 7.84. The molecule has 2 aliphatic rings. The summed E-state index contributed by atoms with van der Waals surface area (Å²) in [7, 11) is 0. The first-order valence-corrected chi connectivity index (χ1v) is 9.33. The summed E-state index contributed by atoms with van der Waals surface area (Å²) in [6.07, 6.45) is 11.6. The van der Waals surface area contributed by atoms with E-state index in [0.29, 0.717) is 12.0 Å². The number of pyridine rings is 2. The Kier molecular flexibility index (Phi) is 4.82. The maximum Gasteiger partial charge on any atom is 0.0732 e. The van der Waals surface area contributed by atoms with Crippen molar-refractivity contribution in [2.45, 2.75) is 39.3 Å². The van der Waals surface area contributed by atoms with Crippen molar-refractivity contribution in [1.29, 1.82) is 0 Å². The van der Waals surface area contributed by atoms with Crippen LogP contribution in [0.15, 0.2) is 43.0 Å². The van der Waals surface area contributed by atoms with Crippen LogP contribution in [0.4, 0.5) is 0 Å². The highest BCUT2D eigenvalue weighted by molar-refractivity contribution is 5.16. The van der Waals surface area contributed by atoms with E-state index in [4.69, 9.17) is 4.74 Å². The van der Waals surface area contributed by atoms with Crippen molar-refractivity contribution < 1.29 is 4.74 Å². The second kappa shape index (κ2) is 7.22. The van der Waals surface area contributed by atoms with Gasteiger partial charge in [-0.05, 0) is 54.5 Å². The zero-order valence-corrected chi connectivity index (χ0v) is 15.0.